The normalized spacial score (nSPS) is 10.6. The van der Waals surface area contributed by atoms with Gasteiger partial charge in [0.1, 0.15) is 5.75 Å². The second-order valence-corrected chi connectivity index (χ2v) is 5.32. The van der Waals surface area contributed by atoms with Gasteiger partial charge in [-0.1, -0.05) is 12.1 Å². The number of nitrogens with zero attached hydrogens (tertiary/aromatic N) is 1. The average Bonchev–Trinajstić information content (AvgIpc) is 2.50. The monoisotopic (exact) mass is 344 g/mol. The first kappa shape index (κ1) is 13.7. The van der Waals surface area contributed by atoms with Gasteiger partial charge in [0.2, 0.25) is 5.88 Å². The van der Waals surface area contributed by atoms with Crippen molar-refractivity contribution in [3.63, 3.8) is 0 Å². The Morgan fingerprint density at radius 3 is 2.76 bits per heavy atom. The zero-order chi connectivity index (χ0) is 14.8. The summed E-state index contributed by atoms with van der Waals surface area (Å²) in [7, 11) is 1.63. The van der Waals surface area contributed by atoms with Crippen molar-refractivity contribution in [2.45, 2.75) is 0 Å². The van der Waals surface area contributed by atoms with Crippen molar-refractivity contribution in [3.8, 4) is 17.4 Å². The molecule has 3 rings (SSSR count). The van der Waals surface area contributed by atoms with Crippen molar-refractivity contribution in [1.29, 1.82) is 0 Å². The highest BCUT2D eigenvalue weighted by Gasteiger charge is 2.11. The van der Waals surface area contributed by atoms with E-state index in [4.69, 9.17) is 15.2 Å². The van der Waals surface area contributed by atoms with Crippen LogP contribution in [0.1, 0.15) is 0 Å². The summed E-state index contributed by atoms with van der Waals surface area (Å²) in [6.45, 7) is 0. The molecule has 0 aliphatic rings. The van der Waals surface area contributed by atoms with Crippen LogP contribution in [0.5, 0.6) is 17.4 Å². The number of fused-ring (bicyclic) bond motifs is 1. The van der Waals surface area contributed by atoms with E-state index in [1.807, 2.05) is 36.4 Å². The second-order valence-electron chi connectivity index (χ2n) is 4.46. The molecule has 0 saturated carbocycles. The minimum absolute atomic E-state index is 0.491. The van der Waals surface area contributed by atoms with Crippen molar-refractivity contribution in [2.75, 3.05) is 12.8 Å². The molecular formula is C16H13BrN2O2. The molecule has 0 fully saturated rings. The third-order valence-corrected chi connectivity index (χ3v) is 3.76. The topological polar surface area (TPSA) is 57.4 Å². The number of nitrogen functional groups attached to an aromatic ring is 1. The summed E-state index contributed by atoms with van der Waals surface area (Å²) in [6.07, 6.45) is 1.71. The first-order valence-corrected chi connectivity index (χ1v) is 7.13. The van der Waals surface area contributed by atoms with Crippen LogP contribution in [0.2, 0.25) is 0 Å². The van der Waals surface area contributed by atoms with Crippen molar-refractivity contribution in [3.05, 3.63) is 53.1 Å². The van der Waals surface area contributed by atoms with Gasteiger partial charge in [0.05, 0.1) is 17.3 Å². The Kier molecular flexibility index (Phi) is 3.66. The van der Waals surface area contributed by atoms with Crippen molar-refractivity contribution < 1.29 is 9.47 Å². The maximum atomic E-state index is 5.96. The van der Waals surface area contributed by atoms with Gasteiger partial charge in [0.15, 0.2) is 5.75 Å². The molecule has 0 bridgehead atoms. The van der Waals surface area contributed by atoms with E-state index in [1.165, 1.54) is 0 Å². The molecule has 0 saturated heterocycles. The maximum Gasteiger partial charge on any atom is 0.227 e. The van der Waals surface area contributed by atoms with Crippen LogP contribution < -0.4 is 15.2 Å². The van der Waals surface area contributed by atoms with Crippen molar-refractivity contribution in [1.82, 2.24) is 4.98 Å². The molecule has 1 aromatic heterocycles. The smallest absolute Gasteiger partial charge is 0.227 e. The lowest BCUT2D eigenvalue weighted by molar-refractivity contribution is 0.415. The summed E-state index contributed by atoms with van der Waals surface area (Å²) < 4.78 is 12.0. The molecule has 0 amide bonds. The van der Waals surface area contributed by atoms with Crippen LogP contribution in [0.25, 0.3) is 10.8 Å². The number of methoxy groups -OCH3 is 1. The largest absolute Gasteiger partial charge is 0.497 e. The minimum atomic E-state index is 0.491. The highest BCUT2D eigenvalue weighted by Crippen LogP contribution is 2.37. The van der Waals surface area contributed by atoms with Crippen molar-refractivity contribution in [2.24, 2.45) is 0 Å². The zero-order valence-corrected chi connectivity index (χ0v) is 12.9. The first-order valence-electron chi connectivity index (χ1n) is 6.33. The predicted octanol–water partition coefficient (Wildman–Crippen LogP) is 4.38. The Morgan fingerprint density at radius 1 is 1.14 bits per heavy atom. The third-order valence-electron chi connectivity index (χ3n) is 3.13. The summed E-state index contributed by atoms with van der Waals surface area (Å²) >= 11 is 3.44. The molecule has 0 unspecified atom stereocenters. The van der Waals surface area contributed by atoms with Crippen LogP contribution in [-0.2, 0) is 0 Å². The highest BCUT2D eigenvalue weighted by molar-refractivity contribution is 9.10. The zero-order valence-electron chi connectivity index (χ0n) is 11.3. The first-order chi connectivity index (χ1) is 10.2. The fraction of sp³-hybridized carbons (Fsp3) is 0.0625. The van der Waals surface area contributed by atoms with Crippen LogP contribution in [0.15, 0.2) is 53.1 Å². The molecule has 2 N–H and O–H groups in total. The SMILES string of the molecule is COc1ccc2ccnc(Oc3c(N)cccc3Br)c2c1. The predicted molar refractivity (Wildman–Crippen MR) is 86.9 cm³/mol. The van der Waals surface area contributed by atoms with E-state index in [2.05, 4.69) is 20.9 Å². The second kappa shape index (κ2) is 5.61. The van der Waals surface area contributed by atoms with E-state index < -0.39 is 0 Å². The van der Waals surface area contributed by atoms with Crippen LogP contribution in [0.4, 0.5) is 5.69 Å². The summed E-state index contributed by atoms with van der Waals surface area (Å²) in [5, 5.41) is 1.89. The minimum Gasteiger partial charge on any atom is -0.497 e. The molecule has 2 aromatic carbocycles. The van der Waals surface area contributed by atoms with Crippen LogP contribution >= 0.6 is 15.9 Å². The van der Waals surface area contributed by atoms with E-state index in [-0.39, 0.29) is 0 Å². The van der Waals surface area contributed by atoms with E-state index in [9.17, 15) is 0 Å². The lowest BCUT2D eigenvalue weighted by atomic mass is 10.1. The van der Waals surface area contributed by atoms with Crippen LogP contribution in [0, 0.1) is 0 Å². The lowest BCUT2D eigenvalue weighted by Crippen LogP contribution is -1.95. The van der Waals surface area contributed by atoms with Gasteiger partial charge >= 0.3 is 0 Å². The molecule has 3 aromatic rings. The highest BCUT2D eigenvalue weighted by atomic mass is 79.9. The number of hydrogen-bond donors (Lipinski definition) is 1. The maximum absolute atomic E-state index is 5.96. The average molecular weight is 345 g/mol. The number of nitrogens with two attached hydrogens (primary N) is 1. The molecule has 0 atom stereocenters. The van der Waals surface area contributed by atoms with Gasteiger partial charge < -0.3 is 15.2 Å². The van der Waals surface area contributed by atoms with Crippen LogP contribution in [0.3, 0.4) is 0 Å². The molecule has 0 radical (unpaired) electrons. The summed E-state index contributed by atoms with van der Waals surface area (Å²) in [5.41, 5.74) is 6.51. The quantitative estimate of drug-likeness (QED) is 0.716. The molecule has 1 heterocycles. The molecule has 5 heteroatoms. The number of anilines is 1. The summed E-state index contributed by atoms with van der Waals surface area (Å²) in [5.74, 6) is 1.80. The summed E-state index contributed by atoms with van der Waals surface area (Å²) in [4.78, 5) is 4.31. The molecule has 0 aliphatic carbocycles. The molecule has 0 spiro atoms. The van der Waals surface area contributed by atoms with E-state index in [0.717, 1.165) is 21.0 Å². The standard InChI is InChI=1S/C16H13BrN2O2/c1-20-11-6-5-10-7-8-19-16(12(10)9-11)21-15-13(17)3-2-4-14(15)18/h2-9H,18H2,1H3. The number of halogens is 1. The fourth-order valence-electron chi connectivity index (χ4n) is 2.06. The van der Waals surface area contributed by atoms with E-state index in [1.54, 1.807) is 19.4 Å². The fourth-order valence-corrected chi connectivity index (χ4v) is 2.52. The Hall–Kier alpha value is -2.27. The van der Waals surface area contributed by atoms with Gasteiger partial charge in [-0.05, 0) is 51.6 Å². The van der Waals surface area contributed by atoms with Crippen molar-refractivity contribution >= 4 is 32.4 Å². The van der Waals surface area contributed by atoms with Gasteiger partial charge in [0.25, 0.3) is 0 Å². The molecule has 0 aliphatic heterocycles. The summed E-state index contributed by atoms with van der Waals surface area (Å²) in [6, 6.07) is 13.2. The van der Waals surface area contributed by atoms with Gasteiger partial charge in [-0.25, -0.2) is 4.98 Å². The molecule has 4 nitrogen and oxygen atoms in total. The molecular weight excluding hydrogens is 332 g/mol. The lowest BCUT2D eigenvalue weighted by Gasteiger charge is -2.12. The number of ether oxygens (including phenoxy) is 2. The molecule has 106 valence electrons. The Labute approximate surface area is 130 Å². The Bertz CT molecular complexity index is 785. The number of rotatable bonds is 3. The van der Waals surface area contributed by atoms with E-state index in [0.29, 0.717) is 17.3 Å². The number of para-hydroxylation sites is 1. The number of hydrogen-bond acceptors (Lipinski definition) is 4. The third kappa shape index (κ3) is 2.64. The molecule has 21 heavy (non-hydrogen) atoms. The van der Waals surface area contributed by atoms with Gasteiger partial charge in [-0.15, -0.1) is 0 Å². The Balaban J connectivity index is 2.12. The Morgan fingerprint density at radius 2 is 2.00 bits per heavy atom. The number of pyridine rings is 1. The van der Waals surface area contributed by atoms with Gasteiger partial charge in [0, 0.05) is 11.6 Å². The van der Waals surface area contributed by atoms with E-state index >= 15 is 0 Å². The number of aromatic nitrogens is 1. The number of benzene rings is 2. The van der Waals surface area contributed by atoms with Crippen LogP contribution in [-0.4, -0.2) is 12.1 Å². The van der Waals surface area contributed by atoms with Gasteiger partial charge in [-0.2, -0.15) is 0 Å². The van der Waals surface area contributed by atoms with Gasteiger partial charge in [-0.3, -0.25) is 0 Å².